The highest BCUT2D eigenvalue weighted by Gasteiger charge is 2.29. The van der Waals surface area contributed by atoms with Crippen LogP contribution in [-0.2, 0) is 4.74 Å². The number of rotatable bonds is 2. The Labute approximate surface area is 97.0 Å². The average molecular weight is 223 g/mol. The third-order valence-electron chi connectivity index (χ3n) is 3.35. The van der Waals surface area contributed by atoms with E-state index in [2.05, 4.69) is 42.8 Å². The van der Waals surface area contributed by atoms with Crippen molar-refractivity contribution in [2.24, 2.45) is 0 Å². The standard InChI is InChI=1S/C12H21N3O/c1-8(2)15-5-6-16-7-11(15)12-9(3)13-14-10(12)4/h8,11H,5-7H2,1-4H3,(H,13,14)/t11-/m0/s1. The molecular formula is C12H21N3O. The second-order valence-electron chi connectivity index (χ2n) is 4.77. The maximum Gasteiger partial charge on any atom is 0.0665 e. The zero-order valence-corrected chi connectivity index (χ0v) is 10.6. The van der Waals surface area contributed by atoms with Crippen molar-refractivity contribution in [2.45, 2.75) is 39.8 Å². The molecule has 0 amide bonds. The summed E-state index contributed by atoms with van der Waals surface area (Å²) in [6, 6.07) is 0.898. The van der Waals surface area contributed by atoms with Crippen LogP contribution >= 0.6 is 0 Å². The number of morpholine rings is 1. The molecule has 0 spiro atoms. The summed E-state index contributed by atoms with van der Waals surface area (Å²) in [5, 5.41) is 7.34. The molecule has 90 valence electrons. The minimum Gasteiger partial charge on any atom is -0.378 e. The molecule has 0 saturated carbocycles. The first-order chi connectivity index (χ1) is 7.61. The zero-order valence-electron chi connectivity index (χ0n) is 10.6. The number of ether oxygens (including phenoxy) is 1. The van der Waals surface area contributed by atoms with Crippen LogP contribution < -0.4 is 0 Å². The third kappa shape index (κ3) is 1.99. The van der Waals surface area contributed by atoms with Gasteiger partial charge in [0.05, 0.1) is 24.9 Å². The van der Waals surface area contributed by atoms with E-state index in [1.54, 1.807) is 0 Å². The van der Waals surface area contributed by atoms with Gasteiger partial charge >= 0.3 is 0 Å². The molecule has 1 aromatic rings. The summed E-state index contributed by atoms with van der Waals surface area (Å²) < 4.78 is 5.61. The van der Waals surface area contributed by atoms with Crippen molar-refractivity contribution in [1.29, 1.82) is 0 Å². The number of H-pyrrole nitrogens is 1. The number of aromatic amines is 1. The molecule has 1 fully saturated rings. The van der Waals surface area contributed by atoms with Crippen molar-refractivity contribution in [3.05, 3.63) is 17.0 Å². The second kappa shape index (κ2) is 4.55. The highest BCUT2D eigenvalue weighted by molar-refractivity contribution is 5.27. The second-order valence-corrected chi connectivity index (χ2v) is 4.77. The van der Waals surface area contributed by atoms with Crippen LogP contribution in [0.5, 0.6) is 0 Å². The van der Waals surface area contributed by atoms with E-state index in [4.69, 9.17) is 4.74 Å². The molecule has 1 atom stereocenters. The molecule has 2 rings (SSSR count). The van der Waals surface area contributed by atoms with Crippen LogP contribution in [0.1, 0.15) is 36.8 Å². The van der Waals surface area contributed by atoms with Crippen LogP contribution in [0.3, 0.4) is 0 Å². The van der Waals surface area contributed by atoms with Crippen molar-refractivity contribution < 1.29 is 4.74 Å². The minimum absolute atomic E-state index is 0.354. The van der Waals surface area contributed by atoms with Gasteiger partial charge in [-0.15, -0.1) is 0 Å². The average Bonchev–Trinajstić information content (AvgIpc) is 2.58. The number of nitrogens with one attached hydrogen (secondary N) is 1. The largest absolute Gasteiger partial charge is 0.378 e. The van der Waals surface area contributed by atoms with E-state index in [9.17, 15) is 0 Å². The minimum atomic E-state index is 0.354. The van der Waals surface area contributed by atoms with Crippen molar-refractivity contribution in [3.63, 3.8) is 0 Å². The highest BCUT2D eigenvalue weighted by Crippen LogP contribution is 2.29. The van der Waals surface area contributed by atoms with Gasteiger partial charge in [0.15, 0.2) is 0 Å². The molecular weight excluding hydrogens is 202 g/mol. The first-order valence-electron chi connectivity index (χ1n) is 5.96. The fourth-order valence-electron chi connectivity index (χ4n) is 2.53. The number of hydrogen-bond donors (Lipinski definition) is 1. The van der Waals surface area contributed by atoms with Gasteiger partial charge in [-0.3, -0.25) is 10.00 Å². The summed E-state index contributed by atoms with van der Waals surface area (Å²) in [5.74, 6) is 0. The van der Waals surface area contributed by atoms with E-state index in [1.165, 1.54) is 11.3 Å². The van der Waals surface area contributed by atoms with Crippen molar-refractivity contribution in [3.8, 4) is 0 Å². The quantitative estimate of drug-likeness (QED) is 0.831. The van der Waals surface area contributed by atoms with Crippen LogP contribution in [0.2, 0.25) is 0 Å². The number of aromatic nitrogens is 2. The van der Waals surface area contributed by atoms with Crippen molar-refractivity contribution >= 4 is 0 Å². The molecule has 2 heterocycles. The van der Waals surface area contributed by atoms with Crippen LogP contribution in [0, 0.1) is 13.8 Å². The van der Waals surface area contributed by atoms with Gasteiger partial charge < -0.3 is 4.74 Å². The maximum absolute atomic E-state index is 5.61. The Balaban J connectivity index is 2.30. The number of nitrogens with zero attached hydrogens (tertiary/aromatic N) is 2. The van der Waals surface area contributed by atoms with E-state index in [1.807, 2.05) is 0 Å². The van der Waals surface area contributed by atoms with Crippen LogP contribution in [0.4, 0.5) is 0 Å². The SMILES string of the molecule is Cc1n[nH]c(C)c1[C@@H]1COCCN1C(C)C. The predicted octanol–water partition coefficient (Wildman–Crippen LogP) is 1.81. The molecule has 1 aliphatic rings. The van der Waals surface area contributed by atoms with E-state index < -0.39 is 0 Å². The molecule has 1 aliphatic heterocycles. The Morgan fingerprint density at radius 2 is 2.19 bits per heavy atom. The summed E-state index contributed by atoms with van der Waals surface area (Å²) in [6.07, 6.45) is 0. The fourth-order valence-corrected chi connectivity index (χ4v) is 2.53. The number of aryl methyl sites for hydroxylation is 2. The summed E-state index contributed by atoms with van der Waals surface area (Å²) in [6.45, 7) is 11.2. The van der Waals surface area contributed by atoms with Gasteiger partial charge in [0.25, 0.3) is 0 Å². The predicted molar refractivity (Wildman–Crippen MR) is 63.5 cm³/mol. The summed E-state index contributed by atoms with van der Waals surface area (Å²) in [4.78, 5) is 2.49. The molecule has 0 unspecified atom stereocenters. The molecule has 1 saturated heterocycles. The van der Waals surface area contributed by atoms with Gasteiger partial charge in [-0.25, -0.2) is 0 Å². The van der Waals surface area contributed by atoms with Gasteiger partial charge in [0, 0.05) is 23.8 Å². The lowest BCUT2D eigenvalue weighted by Gasteiger charge is -2.38. The van der Waals surface area contributed by atoms with Gasteiger partial charge in [0.2, 0.25) is 0 Å². The lowest BCUT2D eigenvalue weighted by Crippen LogP contribution is -2.43. The normalized spacial score (nSPS) is 22.9. The molecule has 0 bridgehead atoms. The highest BCUT2D eigenvalue weighted by atomic mass is 16.5. The van der Waals surface area contributed by atoms with E-state index in [-0.39, 0.29) is 0 Å². The van der Waals surface area contributed by atoms with E-state index >= 15 is 0 Å². The maximum atomic E-state index is 5.61. The van der Waals surface area contributed by atoms with Crippen LogP contribution in [-0.4, -0.2) is 40.9 Å². The lowest BCUT2D eigenvalue weighted by atomic mass is 10.0. The van der Waals surface area contributed by atoms with Gasteiger partial charge in [-0.1, -0.05) is 0 Å². The van der Waals surface area contributed by atoms with E-state index in [0.717, 1.165) is 25.5 Å². The Morgan fingerprint density at radius 3 is 2.75 bits per heavy atom. The fraction of sp³-hybridized carbons (Fsp3) is 0.750. The molecule has 4 heteroatoms. The van der Waals surface area contributed by atoms with Gasteiger partial charge in [0.1, 0.15) is 0 Å². The first-order valence-corrected chi connectivity index (χ1v) is 5.96. The van der Waals surface area contributed by atoms with Crippen molar-refractivity contribution in [1.82, 2.24) is 15.1 Å². The zero-order chi connectivity index (χ0) is 11.7. The third-order valence-corrected chi connectivity index (χ3v) is 3.35. The molecule has 0 aliphatic carbocycles. The molecule has 0 radical (unpaired) electrons. The summed E-state index contributed by atoms with van der Waals surface area (Å²) in [7, 11) is 0. The Kier molecular flexibility index (Phi) is 3.30. The van der Waals surface area contributed by atoms with E-state index in [0.29, 0.717) is 12.1 Å². The molecule has 0 aromatic carbocycles. The lowest BCUT2D eigenvalue weighted by molar-refractivity contribution is -0.0237. The molecule has 1 aromatic heterocycles. The molecule has 16 heavy (non-hydrogen) atoms. The molecule has 4 nitrogen and oxygen atoms in total. The Hall–Kier alpha value is -0.870. The van der Waals surface area contributed by atoms with Gasteiger partial charge in [-0.2, -0.15) is 5.10 Å². The van der Waals surface area contributed by atoms with Crippen molar-refractivity contribution in [2.75, 3.05) is 19.8 Å². The monoisotopic (exact) mass is 223 g/mol. The molecule has 1 N–H and O–H groups in total. The number of hydrogen-bond acceptors (Lipinski definition) is 3. The smallest absolute Gasteiger partial charge is 0.0665 e. The summed E-state index contributed by atoms with van der Waals surface area (Å²) >= 11 is 0. The van der Waals surface area contributed by atoms with Gasteiger partial charge in [-0.05, 0) is 27.7 Å². The van der Waals surface area contributed by atoms with Crippen LogP contribution in [0.25, 0.3) is 0 Å². The van der Waals surface area contributed by atoms with Crippen LogP contribution in [0.15, 0.2) is 0 Å². The Bertz CT molecular complexity index is 340. The summed E-state index contributed by atoms with van der Waals surface area (Å²) in [5.41, 5.74) is 3.57. The Morgan fingerprint density at radius 1 is 1.44 bits per heavy atom. The topological polar surface area (TPSA) is 41.1 Å². The first kappa shape index (κ1) is 11.6.